The minimum absolute atomic E-state index is 0.180. The van der Waals surface area contributed by atoms with Crippen molar-refractivity contribution in [1.82, 2.24) is 5.06 Å². The second-order valence-electron chi connectivity index (χ2n) is 6.24. The van der Waals surface area contributed by atoms with Crippen LogP contribution in [0.5, 0.6) is 0 Å². The monoisotopic (exact) mass is 228 g/mol. The van der Waals surface area contributed by atoms with Crippen LogP contribution < -0.4 is 0 Å². The second kappa shape index (κ2) is 3.95. The largest absolute Gasteiger partial charge is 0.784 e. The topological polar surface area (TPSA) is 48.1 Å². The summed E-state index contributed by atoms with van der Waals surface area (Å²) in [6.07, 6.45) is 2.08. The summed E-state index contributed by atoms with van der Waals surface area (Å²) >= 11 is 0. The molecule has 0 spiro atoms. The Labute approximate surface area is 97.5 Å². The van der Waals surface area contributed by atoms with Crippen molar-refractivity contribution in [3.8, 4) is 0 Å². The van der Waals surface area contributed by atoms with E-state index in [1.807, 2.05) is 27.7 Å². The van der Waals surface area contributed by atoms with Gasteiger partial charge in [0.15, 0.2) is 0 Å². The van der Waals surface area contributed by atoms with Crippen LogP contribution in [0.2, 0.25) is 0 Å². The van der Waals surface area contributed by atoms with Crippen molar-refractivity contribution in [3.63, 3.8) is 0 Å². The van der Waals surface area contributed by atoms with Crippen molar-refractivity contribution in [2.24, 2.45) is 0 Å². The number of epoxide rings is 1. The van der Waals surface area contributed by atoms with Gasteiger partial charge in [-0.2, -0.15) is 0 Å². The lowest BCUT2D eigenvalue weighted by atomic mass is 9.80. The third-order valence-corrected chi connectivity index (χ3v) is 3.47. The number of rotatable bonds is 3. The van der Waals surface area contributed by atoms with E-state index in [0.717, 1.165) is 19.4 Å². The Bertz CT molecular complexity index is 243. The summed E-state index contributed by atoms with van der Waals surface area (Å²) < 4.78 is 11.0. The molecule has 0 saturated carbocycles. The lowest BCUT2D eigenvalue weighted by molar-refractivity contribution is -0.0831. The van der Waals surface area contributed by atoms with Crippen LogP contribution >= 0.6 is 0 Å². The van der Waals surface area contributed by atoms with Crippen LogP contribution in [0, 0.1) is 5.21 Å². The zero-order valence-electron chi connectivity index (χ0n) is 10.7. The number of ether oxygens (including phenoxy) is 2. The first-order valence-electron chi connectivity index (χ1n) is 6.02. The van der Waals surface area contributed by atoms with Gasteiger partial charge in [-0.25, -0.2) is 0 Å². The van der Waals surface area contributed by atoms with Gasteiger partial charge in [0, 0.05) is 11.1 Å². The molecule has 16 heavy (non-hydrogen) atoms. The summed E-state index contributed by atoms with van der Waals surface area (Å²) in [6, 6.07) is 0. The number of nitrogens with zero attached hydrogens (tertiary/aromatic N) is 1. The molecule has 2 saturated heterocycles. The summed E-state index contributed by atoms with van der Waals surface area (Å²) in [7, 11) is 0. The molecular formula is C12H22NO3-. The van der Waals surface area contributed by atoms with Crippen molar-refractivity contribution in [2.75, 3.05) is 13.2 Å². The van der Waals surface area contributed by atoms with Gasteiger partial charge in [-0.05, 0) is 40.5 Å². The van der Waals surface area contributed by atoms with Crippen molar-refractivity contribution in [3.05, 3.63) is 5.21 Å². The van der Waals surface area contributed by atoms with Gasteiger partial charge in [0.1, 0.15) is 6.10 Å². The average Bonchev–Trinajstić information content (AvgIpc) is 2.93. The normalized spacial score (nSPS) is 33.9. The fraction of sp³-hybridized carbons (Fsp3) is 1.00. The zero-order valence-corrected chi connectivity index (χ0v) is 10.7. The van der Waals surface area contributed by atoms with Gasteiger partial charge in [-0.1, -0.05) is 0 Å². The maximum Gasteiger partial charge on any atom is 0.104 e. The van der Waals surface area contributed by atoms with Crippen LogP contribution in [0.1, 0.15) is 40.5 Å². The van der Waals surface area contributed by atoms with E-state index in [0.29, 0.717) is 12.7 Å². The maximum atomic E-state index is 12.1. The maximum absolute atomic E-state index is 12.1. The van der Waals surface area contributed by atoms with E-state index in [1.54, 1.807) is 0 Å². The van der Waals surface area contributed by atoms with Gasteiger partial charge in [0.2, 0.25) is 0 Å². The molecule has 0 bridgehead atoms. The molecule has 0 N–H and O–H groups in total. The molecule has 0 aromatic heterocycles. The fourth-order valence-corrected chi connectivity index (χ4v) is 2.70. The molecule has 4 heteroatoms. The van der Waals surface area contributed by atoms with Crippen LogP contribution in [0.15, 0.2) is 0 Å². The van der Waals surface area contributed by atoms with E-state index >= 15 is 0 Å². The smallest absolute Gasteiger partial charge is 0.104 e. The highest BCUT2D eigenvalue weighted by molar-refractivity contribution is 5.01. The summed E-state index contributed by atoms with van der Waals surface area (Å²) in [6.45, 7) is 9.47. The Hall–Kier alpha value is -0.160. The highest BCUT2D eigenvalue weighted by Gasteiger charge is 2.41. The van der Waals surface area contributed by atoms with Gasteiger partial charge >= 0.3 is 0 Å². The highest BCUT2D eigenvalue weighted by atomic mass is 16.6. The minimum Gasteiger partial charge on any atom is -0.784 e. The number of hydrogen-bond donors (Lipinski definition) is 0. The molecule has 4 nitrogen and oxygen atoms in total. The highest BCUT2D eigenvalue weighted by Crippen LogP contribution is 2.38. The molecule has 0 aromatic rings. The van der Waals surface area contributed by atoms with Crippen molar-refractivity contribution >= 4 is 0 Å². The molecule has 0 radical (unpaired) electrons. The Kier molecular flexibility index (Phi) is 3.03. The molecule has 2 aliphatic heterocycles. The van der Waals surface area contributed by atoms with E-state index in [-0.39, 0.29) is 17.2 Å². The Morgan fingerprint density at radius 1 is 1.25 bits per heavy atom. The number of hydroxylamine groups is 2. The molecule has 2 aliphatic rings. The molecule has 1 unspecified atom stereocenters. The first kappa shape index (κ1) is 12.3. The molecule has 2 heterocycles. The van der Waals surface area contributed by atoms with Crippen LogP contribution in [0.3, 0.4) is 0 Å². The first-order chi connectivity index (χ1) is 7.31. The van der Waals surface area contributed by atoms with Crippen LogP contribution in [0.25, 0.3) is 0 Å². The summed E-state index contributed by atoms with van der Waals surface area (Å²) in [5.74, 6) is 0. The predicted octanol–water partition coefficient (Wildman–Crippen LogP) is 1.92. The van der Waals surface area contributed by atoms with Crippen LogP contribution in [0.4, 0.5) is 0 Å². The van der Waals surface area contributed by atoms with Gasteiger partial charge < -0.3 is 19.7 Å². The van der Waals surface area contributed by atoms with Crippen molar-refractivity contribution < 1.29 is 9.47 Å². The molecule has 2 fully saturated rings. The van der Waals surface area contributed by atoms with E-state index in [1.165, 1.54) is 5.06 Å². The quantitative estimate of drug-likeness (QED) is 0.692. The average molecular weight is 228 g/mol. The van der Waals surface area contributed by atoms with E-state index in [4.69, 9.17) is 9.47 Å². The summed E-state index contributed by atoms with van der Waals surface area (Å²) in [5, 5.41) is 13.3. The van der Waals surface area contributed by atoms with E-state index in [2.05, 4.69) is 0 Å². The zero-order chi connectivity index (χ0) is 12.0. The van der Waals surface area contributed by atoms with Gasteiger partial charge in [0.05, 0.1) is 19.3 Å². The number of piperidine rings is 1. The first-order valence-corrected chi connectivity index (χ1v) is 6.02. The van der Waals surface area contributed by atoms with Gasteiger partial charge in [-0.3, -0.25) is 0 Å². The van der Waals surface area contributed by atoms with Gasteiger partial charge in [0.25, 0.3) is 0 Å². The third-order valence-electron chi connectivity index (χ3n) is 3.47. The standard InChI is InChI=1S/C12H22NO3/c1-11(2)5-9(15-7-10-8-16-10)6-12(3,4)13(11)14/h9-10H,5-8H2,1-4H3/q-1. The van der Waals surface area contributed by atoms with Crippen molar-refractivity contribution in [2.45, 2.75) is 63.8 Å². The SMILES string of the molecule is CC1(C)CC(OCC2CO2)CC(C)(C)N1[O-]. The van der Waals surface area contributed by atoms with Crippen molar-refractivity contribution in [1.29, 1.82) is 0 Å². The van der Waals surface area contributed by atoms with Gasteiger partial charge in [-0.15, -0.1) is 0 Å². The summed E-state index contributed by atoms with van der Waals surface area (Å²) in [5.41, 5.74) is -0.673. The Morgan fingerprint density at radius 3 is 2.19 bits per heavy atom. The predicted molar refractivity (Wildman–Crippen MR) is 62.1 cm³/mol. The molecule has 1 atom stereocenters. The molecule has 94 valence electrons. The molecule has 0 amide bonds. The minimum atomic E-state index is -0.336. The molecular weight excluding hydrogens is 206 g/mol. The molecule has 0 aliphatic carbocycles. The van der Waals surface area contributed by atoms with Crippen LogP contribution in [-0.2, 0) is 9.47 Å². The summed E-state index contributed by atoms with van der Waals surface area (Å²) in [4.78, 5) is 0. The van der Waals surface area contributed by atoms with E-state index in [9.17, 15) is 5.21 Å². The Morgan fingerprint density at radius 2 is 1.75 bits per heavy atom. The number of hydrogen-bond acceptors (Lipinski definition) is 4. The van der Waals surface area contributed by atoms with Crippen LogP contribution in [-0.4, -0.2) is 41.6 Å². The fourth-order valence-electron chi connectivity index (χ4n) is 2.70. The molecule has 0 aromatic carbocycles. The molecule has 2 rings (SSSR count). The van der Waals surface area contributed by atoms with E-state index < -0.39 is 0 Å². The Balaban J connectivity index is 1.94. The lowest BCUT2D eigenvalue weighted by Crippen LogP contribution is -2.59. The third kappa shape index (κ3) is 2.56. The second-order valence-corrected chi connectivity index (χ2v) is 6.24. The lowest BCUT2D eigenvalue weighted by Gasteiger charge is -2.59.